The summed E-state index contributed by atoms with van der Waals surface area (Å²) in [5.41, 5.74) is 7.67. The Kier molecular flexibility index (Phi) is 6.37. The molecule has 1 aliphatic carbocycles. The zero-order chi connectivity index (χ0) is 23.5. The molecule has 2 aromatic carbocycles. The van der Waals surface area contributed by atoms with E-state index in [1.807, 2.05) is 12.3 Å². The van der Waals surface area contributed by atoms with Gasteiger partial charge in [-0.15, -0.1) is 0 Å². The van der Waals surface area contributed by atoms with E-state index in [1.54, 1.807) is 0 Å². The van der Waals surface area contributed by atoms with Crippen LogP contribution in [0.15, 0.2) is 73.1 Å². The highest BCUT2D eigenvalue weighted by Gasteiger charge is 2.28. The van der Waals surface area contributed by atoms with Crippen molar-refractivity contribution >= 4 is 22.9 Å². The fraction of sp³-hybridized carbons (Fsp3) is 0.276. The van der Waals surface area contributed by atoms with E-state index < -0.39 is 0 Å². The van der Waals surface area contributed by atoms with Gasteiger partial charge in [0.1, 0.15) is 0 Å². The number of para-hydroxylation sites is 1. The van der Waals surface area contributed by atoms with E-state index in [9.17, 15) is 4.79 Å². The minimum absolute atomic E-state index is 0.330. The van der Waals surface area contributed by atoms with Crippen molar-refractivity contribution in [2.24, 2.45) is 0 Å². The molecule has 1 atom stereocenters. The van der Waals surface area contributed by atoms with Crippen LogP contribution in [0.2, 0.25) is 0 Å². The summed E-state index contributed by atoms with van der Waals surface area (Å²) >= 11 is 0. The first-order chi connectivity index (χ1) is 16.6. The van der Waals surface area contributed by atoms with Crippen LogP contribution in [-0.4, -0.2) is 34.1 Å². The van der Waals surface area contributed by atoms with Crippen molar-refractivity contribution in [1.82, 2.24) is 14.5 Å². The van der Waals surface area contributed by atoms with Gasteiger partial charge in [0.05, 0.1) is 7.11 Å². The first-order valence-electron chi connectivity index (χ1n) is 11.9. The number of nitrogens with one attached hydrogen (secondary N) is 1. The minimum atomic E-state index is -0.330. The molecule has 0 amide bonds. The molecule has 0 aliphatic heterocycles. The minimum Gasteiger partial charge on any atom is -0.466 e. The SMILES string of the molecule is COC(=O)C=Cc1ccc2c(c1)CCC2N(CCn1cc(C)c2ccccc21)Cc1ccc[nH]1. The lowest BCUT2D eigenvalue weighted by Crippen LogP contribution is -2.30. The maximum atomic E-state index is 11.5. The number of benzene rings is 2. The van der Waals surface area contributed by atoms with E-state index in [1.165, 1.54) is 46.5 Å². The highest BCUT2D eigenvalue weighted by Crippen LogP contribution is 2.37. The number of ether oxygens (including phenoxy) is 1. The summed E-state index contributed by atoms with van der Waals surface area (Å²) in [6.45, 7) is 4.99. The molecule has 4 aromatic rings. The predicted octanol–water partition coefficient (Wildman–Crippen LogP) is 5.65. The number of aryl methyl sites for hydroxylation is 2. The fourth-order valence-electron chi connectivity index (χ4n) is 5.21. The Balaban J connectivity index is 1.39. The van der Waals surface area contributed by atoms with Crippen LogP contribution in [0.3, 0.4) is 0 Å². The van der Waals surface area contributed by atoms with E-state index in [0.717, 1.165) is 38.0 Å². The number of methoxy groups -OCH3 is 1. The average molecular weight is 454 g/mol. The molecule has 0 bridgehead atoms. The highest BCUT2D eigenvalue weighted by atomic mass is 16.5. The third-order valence-electron chi connectivity index (χ3n) is 6.92. The maximum Gasteiger partial charge on any atom is 0.330 e. The zero-order valence-corrected chi connectivity index (χ0v) is 19.8. The topological polar surface area (TPSA) is 50.3 Å². The standard InChI is InChI=1S/C29H31N3O2/c1-21-19-31(27-8-4-3-7-25(21)27)16-17-32(20-24-6-5-15-30-24)28-13-11-23-18-22(9-12-26(23)28)10-14-29(33)34-2/h3-10,12,14-15,18-19,28,30H,11,13,16-17,20H2,1-2H3. The van der Waals surface area contributed by atoms with Crippen molar-refractivity contribution in [3.8, 4) is 0 Å². The molecule has 0 saturated heterocycles. The number of H-pyrrole nitrogens is 1. The second kappa shape index (κ2) is 9.74. The van der Waals surface area contributed by atoms with Crippen LogP contribution in [0, 0.1) is 6.92 Å². The molecule has 0 radical (unpaired) electrons. The van der Waals surface area contributed by atoms with Crippen LogP contribution in [-0.2, 0) is 29.0 Å². The van der Waals surface area contributed by atoms with Gasteiger partial charge in [0.2, 0.25) is 0 Å². The molecule has 1 aliphatic rings. The molecule has 174 valence electrons. The van der Waals surface area contributed by atoms with Crippen LogP contribution in [0.25, 0.3) is 17.0 Å². The third kappa shape index (κ3) is 4.57. The average Bonchev–Trinajstić information content (AvgIpc) is 3.60. The lowest BCUT2D eigenvalue weighted by atomic mass is 10.0. The van der Waals surface area contributed by atoms with Crippen LogP contribution in [0.1, 0.15) is 40.4 Å². The zero-order valence-electron chi connectivity index (χ0n) is 19.8. The molecule has 5 nitrogen and oxygen atoms in total. The van der Waals surface area contributed by atoms with Gasteiger partial charge >= 0.3 is 5.97 Å². The van der Waals surface area contributed by atoms with Gasteiger partial charge in [0.15, 0.2) is 0 Å². The largest absolute Gasteiger partial charge is 0.466 e. The maximum absolute atomic E-state index is 11.5. The molecule has 2 heterocycles. The van der Waals surface area contributed by atoms with Gasteiger partial charge < -0.3 is 14.3 Å². The molecular weight excluding hydrogens is 422 g/mol. The first-order valence-corrected chi connectivity index (χ1v) is 11.9. The van der Waals surface area contributed by atoms with Gasteiger partial charge in [-0.25, -0.2) is 4.79 Å². The Labute approximate surface area is 200 Å². The van der Waals surface area contributed by atoms with Gasteiger partial charge in [-0.2, -0.15) is 0 Å². The van der Waals surface area contributed by atoms with Crippen LogP contribution in [0.4, 0.5) is 0 Å². The van der Waals surface area contributed by atoms with Gasteiger partial charge in [-0.3, -0.25) is 4.90 Å². The van der Waals surface area contributed by atoms with E-state index >= 15 is 0 Å². The van der Waals surface area contributed by atoms with Crippen molar-refractivity contribution in [3.05, 3.63) is 101 Å². The highest BCUT2D eigenvalue weighted by molar-refractivity contribution is 5.87. The van der Waals surface area contributed by atoms with Gasteiger partial charge in [-0.05, 0) is 66.3 Å². The molecular formula is C29H31N3O2. The first kappa shape index (κ1) is 22.2. The molecule has 1 unspecified atom stereocenters. The molecule has 0 spiro atoms. The number of aromatic nitrogens is 2. The van der Waals surface area contributed by atoms with Crippen molar-refractivity contribution in [2.75, 3.05) is 13.7 Å². The summed E-state index contributed by atoms with van der Waals surface area (Å²) in [5, 5.41) is 1.33. The normalized spacial score (nSPS) is 15.4. The van der Waals surface area contributed by atoms with Crippen LogP contribution >= 0.6 is 0 Å². The van der Waals surface area contributed by atoms with E-state index in [4.69, 9.17) is 4.74 Å². The molecule has 5 heteroatoms. The number of esters is 1. The predicted molar refractivity (Wildman–Crippen MR) is 136 cm³/mol. The second-order valence-electron chi connectivity index (χ2n) is 9.06. The number of rotatable bonds is 8. The monoisotopic (exact) mass is 453 g/mol. The van der Waals surface area contributed by atoms with Gasteiger partial charge in [-0.1, -0.05) is 36.4 Å². The van der Waals surface area contributed by atoms with Crippen molar-refractivity contribution in [2.45, 2.75) is 38.9 Å². The summed E-state index contributed by atoms with van der Waals surface area (Å²) in [4.78, 5) is 17.5. The Bertz CT molecular complexity index is 1320. The number of hydrogen-bond acceptors (Lipinski definition) is 3. The summed E-state index contributed by atoms with van der Waals surface area (Å²) in [5.74, 6) is -0.330. The van der Waals surface area contributed by atoms with Crippen molar-refractivity contribution < 1.29 is 9.53 Å². The summed E-state index contributed by atoms with van der Waals surface area (Å²) in [7, 11) is 1.40. The Morgan fingerprint density at radius 1 is 1.21 bits per heavy atom. The van der Waals surface area contributed by atoms with Crippen molar-refractivity contribution in [3.63, 3.8) is 0 Å². The molecule has 5 rings (SSSR count). The van der Waals surface area contributed by atoms with E-state index in [-0.39, 0.29) is 5.97 Å². The van der Waals surface area contributed by atoms with Crippen molar-refractivity contribution in [1.29, 1.82) is 0 Å². The number of nitrogens with zero attached hydrogens (tertiary/aromatic N) is 2. The lowest BCUT2D eigenvalue weighted by Gasteiger charge is -2.29. The number of carbonyl (C=O) groups excluding carboxylic acids is 1. The fourth-order valence-corrected chi connectivity index (χ4v) is 5.21. The molecule has 34 heavy (non-hydrogen) atoms. The summed E-state index contributed by atoms with van der Waals surface area (Å²) in [6, 6.07) is 19.8. The van der Waals surface area contributed by atoms with Crippen LogP contribution in [0.5, 0.6) is 0 Å². The second-order valence-corrected chi connectivity index (χ2v) is 9.06. The molecule has 1 N–H and O–H groups in total. The van der Waals surface area contributed by atoms with Gasteiger partial charge in [0.25, 0.3) is 0 Å². The summed E-state index contributed by atoms with van der Waals surface area (Å²) < 4.78 is 7.11. The number of fused-ring (bicyclic) bond motifs is 2. The third-order valence-corrected chi connectivity index (χ3v) is 6.92. The quantitative estimate of drug-likeness (QED) is 0.277. The number of aromatic amines is 1. The molecule has 0 fully saturated rings. The van der Waals surface area contributed by atoms with Gasteiger partial charge in [0, 0.05) is 60.7 Å². The van der Waals surface area contributed by atoms with E-state index in [2.05, 4.69) is 82.2 Å². The molecule has 2 aromatic heterocycles. The Morgan fingerprint density at radius 3 is 2.91 bits per heavy atom. The molecule has 0 saturated carbocycles. The Morgan fingerprint density at radius 2 is 2.09 bits per heavy atom. The van der Waals surface area contributed by atoms with E-state index in [0.29, 0.717) is 6.04 Å². The number of hydrogen-bond donors (Lipinski definition) is 1. The smallest absolute Gasteiger partial charge is 0.330 e. The number of carbonyl (C=O) groups is 1. The lowest BCUT2D eigenvalue weighted by molar-refractivity contribution is -0.134. The Hall–Kier alpha value is -3.57. The summed E-state index contributed by atoms with van der Waals surface area (Å²) in [6.07, 6.45) is 9.74. The van der Waals surface area contributed by atoms with Crippen LogP contribution < -0.4 is 0 Å².